The molecule has 1 aliphatic rings. The van der Waals surface area contributed by atoms with Crippen LogP contribution < -0.4 is 5.32 Å². The van der Waals surface area contributed by atoms with Gasteiger partial charge in [-0.3, -0.25) is 9.59 Å². The lowest BCUT2D eigenvalue weighted by molar-refractivity contribution is -0.134. The number of nitrogens with one attached hydrogen (secondary N) is 1. The number of nitrogens with zero attached hydrogens (tertiary/aromatic N) is 1. The number of hydrogen-bond donors (Lipinski definition) is 1. The average Bonchev–Trinajstić information content (AvgIpc) is 2.55. The van der Waals surface area contributed by atoms with Crippen molar-refractivity contribution in [2.45, 2.75) is 25.9 Å². The molecular weight excluding hydrogens is 316 g/mol. The van der Waals surface area contributed by atoms with E-state index in [2.05, 4.69) is 5.32 Å². The maximum absolute atomic E-state index is 12.3. The molecule has 126 valence electrons. The maximum Gasteiger partial charge on any atom is 0.223 e. The van der Waals surface area contributed by atoms with Gasteiger partial charge in [0.15, 0.2) is 0 Å². The fraction of sp³-hybridized carbons (Fsp3) is 0.529. The second-order valence-corrected chi connectivity index (χ2v) is 6.24. The first-order valence-electron chi connectivity index (χ1n) is 7.82. The molecule has 0 saturated carbocycles. The van der Waals surface area contributed by atoms with Gasteiger partial charge in [-0.25, -0.2) is 0 Å². The van der Waals surface area contributed by atoms with Crippen LogP contribution in [0.3, 0.4) is 0 Å². The highest BCUT2D eigenvalue weighted by atomic mass is 35.5. The summed E-state index contributed by atoms with van der Waals surface area (Å²) in [6.07, 6.45) is 1.19. The van der Waals surface area contributed by atoms with Crippen LogP contribution in [0.5, 0.6) is 0 Å². The van der Waals surface area contributed by atoms with E-state index in [0.717, 1.165) is 5.56 Å². The molecule has 1 atom stereocenters. The molecule has 1 fully saturated rings. The molecule has 0 aromatic heterocycles. The molecule has 1 N–H and O–H groups in total. The van der Waals surface area contributed by atoms with Crippen LogP contribution in [0.15, 0.2) is 24.3 Å². The van der Waals surface area contributed by atoms with Crippen molar-refractivity contribution in [3.05, 3.63) is 34.9 Å². The second-order valence-electron chi connectivity index (χ2n) is 5.80. The molecule has 1 aromatic rings. The lowest BCUT2D eigenvalue weighted by atomic mass is 9.95. The third kappa shape index (κ3) is 4.94. The highest BCUT2D eigenvalue weighted by Gasteiger charge is 2.26. The van der Waals surface area contributed by atoms with Crippen molar-refractivity contribution >= 4 is 23.4 Å². The maximum atomic E-state index is 12.3. The molecule has 6 heteroatoms. The van der Waals surface area contributed by atoms with E-state index < -0.39 is 0 Å². The van der Waals surface area contributed by atoms with Crippen molar-refractivity contribution in [1.82, 2.24) is 10.2 Å². The number of carbonyl (C=O) groups excluding carboxylic acids is 2. The van der Waals surface area contributed by atoms with Crippen LogP contribution in [0.25, 0.3) is 0 Å². The van der Waals surface area contributed by atoms with Gasteiger partial charge in [-0.1, -0.05) is 23.7 Å². The Balaban J connectivity index is 1.85. The van der Waals surface area contributed by atoms with Gasteiger partial charge in [0.1, 0.15) is 0 Å². The van der Waals surface area contributed by atoms with Crippen LogP contribution in [0.1, 0.15) is 31.4 Å². The van der Waals surface area contributed by atoms with Crippen molar-refractivity contribution in [3.8, 4) is 0 Å². The molecule has 23 heavy (non-hydrogen) atoms. The first kappa shape index (κ1) is 17.8. The van der Waals surface area contributed by atoms with Crippen LogP contribution >= 0.6 is 11.6 Å². The first-order valence-corrected chi connectivity index (χ1v) is 8.20. The number of piperidine rings is 1. The summed E-state index contributed by atoms with van der Waals surface area (Å²) in [4.78, 5) is 25.4. The van der Waals surface area contributed by atoms with Crippen molar-refractivity contribution < 1.29 is 14.3 Å². The quantitative estimate of drug-likeness (QED) is 0.897. The number of halogens is 1. The number of benzene rings is 1. The number of methoxy groups -OCH3 is 1. The third-order valence-corrected chi connectivity index (χ3v) is 4.51. The normalized spacial score (nSPS) is 16.9. The Morgan fingerprint density at radius 3 is 2.65 bits per heavy atom. The fourth-order valence-electron chi connectivity index (χ4n) is 2.84. The summed E-state index contributed by atoms with van der Waals surface area (Å²) in [5.74, 6) is 0.0593. The summed E-state index contributed by atoms with van der Waals surface area (Å²) in [5.41, 5.74) is 0.937. The first-order chi connectivity index (χ1) is 11.0. The Bertz CT molecular complexity index is 557. The van der Waals surface area contributed by atoms with Crippen molar-refractivity contribution in [2.24, 2.45) is 5.92 Å². The van der Waals surface area contributed by atoms with Gasteiger partial charge in [0, 0.05) is 44.6 Å². The summed E-state index contributed by atoms with van der Waals surface area (Å²) in [5, 5.41) is 3.60. The smallest absolute Gasteiger partial charge is 0.223 e. The molecule has 2 rings (SSSR count). The van der Waals surface area contributed by atoms with Crippen LogP contribution in [0.4, 0.5) is 0 Å². The number of amides is 2. The molecule has 0 radical (unpaired) electrons. The summed E-state index contributed by atoms with van der Waals surface area (Å²) in [7, 11) is 1.61. The molecule has 1 aromatic carbocycles. The highest BCUT2D eigenvalue weighted by Crippen LogP contribution is 2.21. The number of hydrogen-bond acceptors (Lipinski definition) is 3. The molecule has 1 heterocycles. The third-order valence-electron chi connectivity index (χ3n) is 4.28. The number of ether oxygens (including phenoxy) is 1. The van der Waals surface area contributed by atoms with Gasteiger partial charge in [0.05, 0.1) is 6.10 Å². The average molecular weight is 339 g/mol. The van der Waals surface area contributed by atoms with Gasteiger partial charge >= 0.3 is 0 Å². The number of likely N-dealkylation sites (tertiary alicyclic amines) is 1. The molecule has 0 spiro atoms. The summed E-state index contributed by atoms with van der Waals surface area (Å²) < 4.78 is 5.45. The molecule has 0 bridgehead atoms. The SMILES string of the molecule is CO[C@H](CNC(=O)C1CCN(C(C)=O)CC1)c1cccc(Cl)c1. The minimum Gasteiger partial charge on any atom is -0.375 e. The standard InChI is InChI=1S/C17H23ClN2O3/c1-12(21)20-8-6-13(7-9-20)17(22)19-11-16(23-2)14-4-3-5-15(18)10-14/h3-5,10,13,16H,6-9,11H2,1-2H3,(H,19,22)/t16-/m1/s1. The van der Waals surface area contributed by atoms with Gasteiger partial charge in [-0.05, 0) is 30.5 Å². The zero-order valence-electron chi connectivity index (χ0n) is 13.5. The Morgan fingerprint density at radius 2 is 2.09 bits per heavy atom. The van der Waals surface area contributed by atoms with Crippen LogP contribution in [-0.2, 0) is 14.3 Å². The Hall–Kier alpha value is -1.59. The largest absolute Gasteiger partial charge is 0.375 e. The van der Waals surface area contributed by atoms with E-state index in [0.29, 0.717) is 37.5 Å². The summed E-state index contributed by atoms with van der Waals surface area (Å²) >= 11 is 5.99. The molecule has 5 nitrogen and oxygen atoms in total. The van der Waals surface area contributed by atoms with Gasteiger partial charge < -0.3 is 15.0 Å². The highest BCUT2D eigenvalue weighted by molar-refractivity contribution is 6.30. The molecule has 0 unspecified atom stereocenters. The lowest BCUT2D eigenvalue weighted by Gasteiger charge is -2.30. The van der Waals surface area contributed by atoms with Crippen molar-refractivity contribution in [2.75, 3.05) is 26.7 Å². The summed E-state index contributed by atoms with van der Waals surface area (Å²) in [6, 6.07) is 7.44. The molecule has 0 aliphatic carbocycles. The van der Waals surface area contributed by atoms with Crippen LogP contribution in [0.2, 0.25) is 5.02 Å². The van der Waals surface area contributed by atoms with Gasteiger partial charge in [0.25, 0.3) is 0 Å². The topological polar surface area (TPSA) is 58.6 Å². The zero-order valence-corrected chi connectivity index (χ0v) is 14.3. The number of carbonyl (C=O) groups is 2. The van der Waals surface area contributed by atoms with Crippen LogP contribution in [-0.4, -0.2) is 43.5 Å². The van der Waals surface area contributed by atoms with Gasteiger partial charge in [-0.2, -0.15) is 0 Å². The Kier molecular flexibility index (Phi) is 6.42. The van der Waals surface area contributed by atoms with E-state index in [1.807, 2.05) is 18.2 Å². The Labute approximate surface area is 141 Å². The van der Waals surface area contributed by atoms with Crippen LogP contribution in [0, 0.1) is 5.92 Å². The van der Waals surface area contributed by atoms with E-state index in [-0.39, 0.29) is 23.8 Å². The summed E-state index contributed by atoms with van der Waals surface area (Å²) in [6.45, 7) is 3.27. The lowest BCUT2D eigenvalue weighted by Crippen LogP contribution is -2.43. The predicted molar refractivity (Wildman–Crippen MR) is 89.2 cm³/mol. The number of rotatable bonds is 5. The second kappa shape index (κ2) is 8.31. The fourth-order valence-corrected chi connectivity index (χ4v) is 3.04. The van der Waals surface area contributed by atoms with Crippen molar-refractivity contribution in [3.63, 3.8) is 0 Å². The minimum absolute atomic E-state index is 0.0253. The molecular formula is C17H23ClN2O3. The van der Waals surface area contributed by atoms with E-state index >= 15 is 0 Å². The van der Waals surface area contributed by atoms with E-state index in [1.54, 1.807) is 25.0 Å². The van der Waals surface area contributed by atoms with Gasteiger partial charge in [0.2, 0.25) is 11.8 Å². The predicted octanol–water partition coefficient (Wildman–Crippen LogP) is 2.40. The van der Waals surface area contributed by atoms with Crippen molar-refractivity contribution in [1.29, 1.82) is 0 Å². The van der Waals surface area contributed by atoms with E-state index in [4.69, 9.17) is 16.3 Å². The Morgan fingerprint density at radius 1 is 1.39 bits per heavy atom. The monoisotopic (exact) mass is 338 g/mol. The molecule has 1 aliphatic heterocycles. The zero-order chi connectivity index (χ0) is 16.8. The molecule has 1 saturated heterocycles. The molecule has 2 amide bonds. The minimum atomic E-state index is -0.227. The van der Waals surface area contributed by atoms with Gasteiger partial charge in [-0.15, -0.1) is 0 Å². The van der Waals surface area contributed by atoms with E-state index in [9.17, 15) is 9.59 Å². The van der Waals surface area contributed by atoms with E-state index in [1.165, 1.54) is 0 Å².